The highest BCUT2D eigenvalue weighted by Crippen LogP contribution is 2.17. The van der Waals surface area contributed by atoms with Crippen molar-refractivity contribution in [3.63, 3.8) is 0 Å². The summed E-state index contributed by atoms with van der Waals surface area (Å²) in [6, 6.07) is 0. The molecule has 1 rings (SSSR count). The molecule has 1 aliphatic heterocycles. The summed E-state index contributed by atoms with van der Waals surface area (Å²) in [5, 5.41) is 2.64. The lowest BCUT2D eigenvalue weighted by molar-refractivity contribution is -0.321. The van der Waals surface area contributed by atoms with Crippen LogP contribution in [0.5, 0.6) is 0 Å². The summed E-state index contributed by atoms with van der Waals surface area (Å²) in [7, 11) is 1.71. The second kappa shape index (κ2) is 6.34. The Balaban J connectivity index is 0. The number of ether oxygens (including phenoxy) is 1. The molecule has 1 aliphatic rings. The number of halogens is 3. The van der Waals surface area contributed by atoms with Crippen LogP contribution in [0, 0.1) is 0 Å². The van der Waals surface area contributed by atoms with E-state index in [0.717, 1.165) is 0 Å². The highest BCUT2D eigenvalue weighted by molar-refractivity contribution is 5.09. The zero-order valence-corrected chi connectivity index (χ0v) is 8.93. The molecule has 0 unspecified atom stereocenters. The first kappa shape index (κ1) is 13.8. The molecule has 0 radical (unpaired) electrons. The summed E-state index contributed by atoms with van der Waals surface area (Å²) in [6.45, 7) is 3.50. The SMILES string of the molecule is CC.CN1C=CNC(COC(F)(F)F)=C1.[HH]. The van der Waals surface area contributed by atoms with E-state index in [-0.39, 0.29) is 1.43 Å². The fourth-order valence-electron chi connectivity index (χ4n) is 0.827. The molecule has 1 heterocycles. The maximum absolute atomic E-state index is 11.6. The molecule has 1 N–H and O–H groups in total. The molecule has 0 saturated heterocycles. The Morgan fingerprint density at radius 2 is 2.07 bits per heavy atom. The summed E-state index contributed by atoms with van der Waals surface area (Å²) in [6.07, 6.45) is 0.153. The summed E-state index contributed by atoms with van der Waals surface area (Å²) in [4.78, 5) is 1.63. The molecule has 15 heavy (non-hydrogen) atoms. The van der Waals surface area contributed by atoms with E-state index in [9.17, 15) is 13.2 Å². The quantitative estimate of drug-likeness (QED) is 0.783. The van der Waals surface area contributed by atoms with Crippen molar-refractivity contribution in [3.8, 4) is 0 Å². The van der Waals surface area contributed by atoms with Crippen LogP contribution >= 0.6 is 0 Å². The third-order valence-electron chi connectivity index (χ3n) is 1.33. The number of rotatable bonds is 2. The lowest BCUT2D eigenvalue weighted by atomic mass is 10.4. The van der Waals surface area contributed by atoms with Crippen LogP contribution in [0.1, 0.15) is 15.3 Å². The Labute approximate surface area is 88.7 Å². The van der Waals surface area contributed by atoms with Crippen molar-refractivity contribution >= 4 is 0 Å². The molecule has 6 heteroatoms. The third kappa shape index (κ3) is 6.84. The Hall–Kier alpha value is -1.17. The van der Waals surface area contributed by atoms with E-state index >= 15 is 0 Å². The van der Waals surface area contributed by atoms with Gasteiger partial charge in [0.2, 0.25) is 0 Å². The third-order valence-corrected chi connectivity index (χ3v) is 1.33. The van der Waals surface area contributed by atoms with Gasteiger partial charge in [0.15, 0.2) is 0 Å². The van der Waals surface area contributed by atoms with Crippen molar-refractivity contribution in [2.24, 2.45) is 0 Å². The predicted octanol–water partition coefficient (Wildman–Crippen LogP) is 2.64. The van der Waals surface area contributed by atoms with Gasteiger partial charge in [-0.15, -0.1) is 13.2 Å². The van der Waals surface area contributed by atoms with Crippen molar-refractivity contribution in [3.05, 3.63) is 24.3 Å². The van der Waals surface area contributed by atoms with Gasteiger partial charge in [0.05, 0.1) is 12.3 Å². The smallest absolute Gasteiger partial charge is 0.361 e. The van der Waals surface area contributed by atoms with Gasteiger partial charge in [0.1, 0.15) is 0 Å². The van der Waals surface area contributed by atoms with Crippen molar-refractivity contribution in [2.45, 2.75) is 20.2 Å². The van der Waals surface area contributed by atoms with Crippen molar-refractivity contribution < 1.29 is 19.3 Å². The van der Waals surface area contributed by atoms with Crippen LogP contribution in [0.3, 0.4) is 0 Å². The molecule has 90 valence electrons. The molecule has 0 atom stereocenters. The number of alkyl halides is 3. The number of nitrogens with zero attached hydrogens (tertiary/aromatic N) is 1. The maximum Gasteiger partial charge on any atom is 0.522 e. The highest BCUT2D eigenvalue weighted by atomic mass is 19.4. The van der Waals surface area contributed by atoms with E-state index in [1.807, 2.05) is 13.8 Å². The Morgan fingerprint density at radius 1 is 1.47 bits per heavy atom. The summed E-state index contributed by atoms with van der Waals surface area (Å²) >= 11 is 0. The zero-order valence-electron chi connectivity index (χ0n) is 8.93. The molecule has 0 amide bonds. The summed E-state index contributed by atoms with van der Waals surface area (Å²) in [5.74, 6) is 0. The molecule has 0 aromatic rings. The largest absolute Gasteiger partial charge is 0.522 e. The molecular formula is C9H17F3N2O. The van der Waals surface area contributed by atoms with Gasteiger partial charge in [0, 0.05) is 27.1 Å². The first-order valence-corrected chi connectivity index (χ1v) is 4.54. The van der Waals surface area contributed by atoms with Crippen LogP contribution in [-0.2, 0) is 4.74 Å². The second-order valence-corrected chi connectivity index (χ2v) is 2.51. The summed E-state index contributed by atoms with van der Waals surface area (Å²) < 4.78 is 38.4. The van der Waals surface area contributed by atoms with Gasteiger partial charge in [-0.1, -0.05) is 13.8 Å². The normalized spacial score (nSPS) is 15.1. The van der Waals surface area contributed by atoms with Gasteiger partial charge in [0.25, 0.3) is 0 Å². The number of nitrogens with one attached hydrogen (secondary N) is 1. The lowest BCUT2D eigenvalue weighted by Crippen LogP contribution is -2.24. The molecule has 3 nitrogen and oxygen atoms in total. The van der Waals surface area contributed by atoms with Crippen LogP contribution in [0.2, 0.25) is 0 Å². The Bertz CT molecular complexity index is 241. The Morgan fingerprint density at radius 3 is 2.53 bits per heavy atom. The van der Waals surface area contributed by atoms with Crippen LogP contribution in [0.4, 0.5) is 13.2 Å². The maximum atomic E-state index is 11.6. The van der Waals surface area contributed by atoms with Gasteiger partial charge in [-0.25, -0.2) is 0 Å². The van der Waals surface area contributed by atoms with E-state index < -0.39 is 13.0 Å². The van der Waals surface area contributed by atoms with Crippen molar-refractivity contribution in [2.75, 3.05) is 13.7 Å². The molecule has 0 spiro atoms. The van der Waals surface area contributed by atoms with Gasteiger partial charge in [-0.2, -0.15) is 0 Å². The van der Waals surface area contributed by atoms with Gasteiger partial charge >= 0.3 is 6.36 Å². The first-order chi connectivity index (χ1) is 6.97. The molecule has 0 aromatic carbocycles. The van der Waals surface area contributed by atoms with E-state index in [1.165, 1.54) is 12.4 Å². The molecular weight excluding hydrogens is 209 g/mol. The molecule has 0 aliphatic carbocycles. The number of hydrogen-bond acceptors (Lipinski definition) is 3. The van der Waals surface area contributed by atoms with Crippen LogP contribution in [0.15, 0.2) is 24.3 Å². The lowest BCUT2D eigenvalue weighted by Gasteiger charge is -2.18. The average Bonchev–Trinajstić information content (AvgIpc) is 2.17. The molecule has 0 fully saturated rings. The fourth-order valence-corrected chi connectivity index (χ4v) is 0.827. The standard InChI is InChI=1S/C7H9F3N2O.C2H6.H2/c1-12-3-2-11-6(4-12)5-13-7(8,9)10;1-2;/h2-4,11H,5H2,1H3;1-2H3;1H. The minimum atomic E-state index is -4.58. The minimum Gasteiger partial charge on any atom is -0.361 e. The first-order valence-electron chi connectivity index (χ1n) is 4.54. The van der Waals surface area contributed by atoms with E-state index in [4.69, 9.17) is 0 Å². The monoisotopic (exact) mass is 226 g/mol. The fraction of sp³-hybridized carbons (Fsp3) is 0.556. The van der Waals surface area contributed by atoms with Gasteiger partial charge in [-0.05, 0) is 0 Å². The zero-order chi connectivity index (χ0) is 11.9. The van der Waals surface area contributed by atoms with Crippen LogP contribution in [0.25, 0.3) is 0 Å². The minimum absolute atomic E-state index is 0. The molecule has 0 bridgehead atoms. The summed E-state index contributed by atoms with van der Waals surface area (Å²) in [5.41, 5.74) is 0.363. The Kier molecular flexibility index (Phi) is 5.84. The van der Waals surface area contributed by atoms with Gasteiger partial charge < -0.3 is 10.2 Å². The van der Waals surface area contributed by atoms with Crippen LogP contribution in [-0.4, -0.2) is 24.9 Å². The van der Waals surface area contributed by atoms with Crippen molar-refractivity contribution in [1.29, 1.82) is 0 Å². The molecule has 0 aromatic heterocycles. The average molecular weight is 226 g/mol. The van der Waals surface area contributed by atoms with E-state index in [2.05, 4.69) is 10.1 Å². The van der Waals surface area contributed by atoms with Gasteiger partial charge in [-0.3, -0.25) is 4.74 Å². The number of hydrogen-bond donors (Lipinski definition) is 1. The van der Waals surface area contributed by atoms with E-state index in [0.29, 0.717) is 5.70 Å². The predicted molar refractivity (Wildman–Crippen MR) is 53.6 cm³/mol. The van der Waals surface area contributed by atoms with Crippen LogP contribution < -0.4 is 5.32 Å². The highest BCUT2D eigenvalue weighted by Gasteiger charge is 2.29. The van der Waals surface area contributed by atoms with E-state index in [1.54, 1.807) is 18.1 Å². The molecule has 0 saturated carbocycles. The topological polar surface area (TPSA) is 24.5 Å². The van der Waals surface area contributed by atoms with Crippen molar-refractivity contribution in [1.82, 2.24) is 10.2 Å². The second-order valence-electron chi connectivity index (χ2n) is 2.51.